The molecular formula is C21H19FN6O. The molecule has 0 aliphatic carbocycles. The summed E-state index contributed by atoms with van der Waals surface area (Å²) in [6.07, 6.45) is 6.75. The molecule has 0 fully saturated rings. The summed E-state index contributed by atoms with van der Waals surface area (Å²) in [5.41, 5.74) is 2.98. The van der Waals surface area contributed by atoms with E-state index in [-0.39, 0.29) is 18.0 Å². The van der Waals surface area contributed by atoms with Crippen molar-refractivity contribution < 1.29 is 9.18 Å². The summed E-state index contributed by atoms with van der Waals surface area (Å²) in [6, 6.07) is 9.90. The maximum Gasteiger partial charge on any atom is 0.251 e. The molecule has 4 aromatic rings. The Kier molecular flexibility index (Phi) is 4.90. The highest BCUT2D eigenvalue weighted by Crippen LogP contribution is 2.18. The normalized spacial score (nSPS) is 10.9. The maximum absolute atomic E-state index is 14.6. The Balaban J connectivity index is 1.52. The molecule has 1 amide bonds. The number of hydrogen-bond donors (Lipinski definition) is 1. The van der Waals surface area contributed by atoms with Gasteiger partial charge in [0.1, 0.15) is 23.6 Å². The molecule has 8 heteroatoms. The van der Waals surface area contributed by atoms with E-state index >= 15 is 0 Å². The average molecular weight is 390 g/mol. The van der Waals surface area contributed by atoms with Gasteiger partial charge in [-0.05, 0) is 44.2 Å². The number of benzene rings is 1. The summed E-state index contributed by atoms with van der Waals surface area (Å²) in [5, 5.41) is 7.11. The van der Waals surface area contributed by atoms with Crippen LogP contribution >= 0.6 is 0 Å². The fraction of sp³-hybridized carbons (Fsp3) is 0.143. The molecule has 0 radical (unpaired) electrons. The Labute approximate surface area is 166 Å². The summed E-state index contributed by atoms with van der Waals surface area (Å²) in [4.78, 5) is 20.9. The van der Waals surface area contributed by atoms with E-state index in [1.54, 1.807) is 47.7 Å². The van der Waals surface area contributed by atoms with Crippen molar-refractivity contribution in [2.24, 2.45) is 0 Å². The summed E-state index contributed by atoms with van der Waals surface area (Å²) in [6.45, 7) is 3.95. The minimum Gasteiger partial charge on any atom is -0.348 e. The first kappa shape index (κ1) is 18.5. The second-order valence-electron chi connectivity index (χ2n) is 6.64. The highest BCUT2D eigenvalue weighted by atomic mass is 19.1. The number of aromatic nitrogens is 5. The van der Waals surface area contributed by atoms with E-state index in [4.69, 9.17) is 0 Å². The molecule has 146 valence electrons. The molecule has 1 aromatic carbocycles. The molecule has 0 aliphatic rings. The molecule has 0 bridgehead atoms. The van der Waals surface area contributed by atoms with Crippen LogP contribution in [0.15, 0.2) is 61.3 Å². The van der Waals surface area contributed by atoms with Crippen LogP contribution in [0.3, 0.4) is 0 Å². The van der Waals surface area contributed by atoms with E-state index in [1.165, 1.54) is 10.7 Å². The van der Waals surface area contributed by atoms with Gasteiger partial charge in [0.05, 0.1) is 5.69 Å². The number of aryl methyl sites for hydroxylation is 2. The molecule has 0 saturated heterocycles. The molecule has 1 N–H and O–H groups in total. The number of nitrogens with zero attached hydrogens (tertiary/aromatic N) is 5. The number of nitrogens with one attached hydrogen (secondary N) is 1. The molecule has 7 nitrogen and oxygen atoms in total. The third-order valence-corrected chi connectivity index (χ3v) is 4.50. The number of pyridine rings is 1. The lowest BCUT2D eigenvalue weighted by atomic mass is 10.1. The van der Waals surface area contributed by atoms with Gasteiger partial charge >= 0.3 is 0 Å². The largest absolute Gasteiger partial charge is 0.348 e. The van der Waals surface area contributed by atoms with Crippen LogP contribution in [0, 0.1) is 19.7 Å². The minimum absolute atomic E-state index is 0.237. The van der Waals surface area contributed by atoms with E-state index < -0.39 is 5.82 Å². The van der Waals surface area contributed by atoms with E-state index in [0.717, 1.165) is 17.0 Å². The van der Waals surface area contributed by atoms with Gasteiger partial charge in [-0.2, -0.15) is 5.10 Å². The van der Waals surface area contributed by atoms with Crippen molar-refractivity contribution in [2.75, 3.05) is 0 Å². The standard InChI is InChI=1S/C21H19FN6O/c1-14-10-15(2)28(26-14)19-6-5-16(11-18(19)22)21(29)25-12-17-4-3-7-24-20(17)27-9-8-23-13-27/h3-11,13H,12H2,1-2H3,(H,25,29). The van der Waals surface area contributed by atoms with Crippen LogP contribution < -0.4 is 5.32 Å². The maximum atomic E-state index is 14.6. The molecule has 3 aromatic heterocycles. The molecule has 0 aliphatic heterocycles. The van der Waals surface area contributed by atoms with Crippen LogP contribution in [0.4, 0.5) is 4.39 Å². The zero-order valence-electron chi connectivity index (χ0n) is 16.0. The van der Waals surface area contributed by atoms with Crippen molar-refractivity contribution in [3.05, 3.63) is 89.6 Å². The Morgan fingerprint density at radius 3 is 2.72 bits per heavy atom. The van der Waals surface area contributed by atoms with Crippen LogP contribution in [-0.4, -0.2) is 30.2 Å². The summed E-state index contributed by atoms with van der Waals surface area (Å²) < 4.78 is 17.9. The van der Waals surface area contributed by atoms with Crippen molar-refractivity contribution in [2.45, 2.75) is 20.4 Å². The Morgan fingerprint density at radius 2 is 2.03 bits per heavy atom. The second kappa shape index (κ2) is 7.67. The number of hydrogen-bond acceptors (Lipinski definition) is 4. The number of halogens is 1. The van der Waals surface area contributed by atoms with Crippen LogP contribution in [0.5, 0.6) is 0 Å². The molecular weight excluding hydrogens is 371 g/mol. The van der Waals surface area contributed by atoms with Gasteiger partial charge < -0.3 is 5.32 Å². The highest BCUT2D eigenvalue weighted by molar-refractivity contribution is 5.94. The fourth-order valence-corrected chi connectivity index (χ4v) is 3.16. The lowest BCUT2D eigenvalue weighted by molar-refractivity contribution is 0.0950. The van der Waals surface area contributed by atoms with Crippen molar-refractivity contribution in [1.82, 2.24) is 29.6 Å². The van der Waals surface area contributed by atoms with Gasteiger partial charge in [0.2, 0.25) is 0 Å². The van der Waals surface area contributed by atoms with Crippen molar-refractivity contribution in [1.29, 1.82) is 0 Å². The monoisotopic (exact) mass is 390 g/mol. The van der Waals surface area contributed by atoms with Gasteiger partial charge in [-0.3, -0.25) is 9.36 Å². The first-order valence-corrected chi connectivity index (χ1v) is 9.06. The topological polar surface area (TPSA) is 77.6 Å². The van der Waals surface area contributed by atoms with Crippen molar-refractivity contribution >= 4 is 5.91 Å². The highest BCUT2D eigenvalue weighted by Gasteiger charge is 2.14. The number of imidazole rings is 1. The van der Waals surface area contributed by atoms with Gasteiger partial charge in [0.25, 0.3) is 5.91 Å². The Morgan fingerprint density at radius 1 is 1.17 bits per heavy atom. The van der Waals surface area contributed by atoms with Gasteiger partial charge in [0.15, 0.2) is 0 Å². The van der Waals surface area contributed by atoms with Crippen LogP contribution in [-0.2, 0) is 6.54 Å². The third-order valence-electron chi connectivity index (χ3n) is 4.50. The summed E-state index contributed by atoms with van der Waals surface area (Å²) >= 11 is 0. The molecule has 29 heavy (non-hydrogen) atoms. The van der Waals surface area contributed by atoms with Crippen molar-refractivity contribution in [3.8, 4) is 11.5 Å². The summed E-state index contributed by atoms with van der Waals surface area (Å²) in [7, 11) is 0. The molecule has 0 saturated carbocycles. The lowest BCUT2D eigenvalue weighted by Gasteiger charge is -2.11. The predicted molar refractivity (Wildman–Crippen MR) is 106 cm³/mol. The molecule has 3 heterocycles. The fourth-order valence-electron chi connectivity index (χ4n) is 3.16. The Bertz CT molecular complexity index is 1170. The van der Waals surface area contributed by atoms with E-state index in [0.29, 0.717) is 11.5 Å². The van der Waals surface area contributed by atoms with Gasteiger partial charge in [-0.25, -0.2) is 19.0 Å². The van der Waals surface area contributed by atoms with E-state index in [9.17, 15) is 9.18 Å². The quantitative estimate of drug-likeness (QED) is 0.568. The molecule has 0 unspecified atom stereocenters. The molecule has 4 rings (SSSR count). The van der Waals surface area contributed by atoms with Crippen LogP contribution in [0.25, 0.3) is 11.5 Å². The van der Waals surface area contributed by atoms with Crippen molar-refractivity contribution in [3.63, 3.8) is 0 Å². The Hall–Kier alpha value is -3.81. The SMILES string of the molecule is Cc1cc(C)n(-c2ccc(C(=O)NCc3cccnc3-n3ccnc3)cc2F)n1. The number of amides is 1. The number of rotatable bonds is 5. The first-order valence-electron chi connectivity index (χ1n) is 9.06. The zero-order valence-corrected chi connectivity index (χ0v) is 16.0. The third kappa shape index (κ3) is 3.77. The summed E-state index contributed by atoms with van der Waals surface area (Å²) in [5.74, 6) is -0.204. The number of carbonyl (C=O) groups is 1. The van der Waals surface area contributed by atoms with E-state index in [1.807, 2.05) is 26.0 Å². The molecule has 0 atom stereocenters. The van der Waals surface area contributed by atoms with Gasteiger partial charge in [-0.1, -0.05) is 6.07 Å². The average Bonchev–Trinajstić information content (AvgIpc) is 3.36. The number of carbonyl (C=O) groups excluding carboxylic acids is 1. The second-order valence-corrected chi connectivity index (χ2v) is 6.64. The van der Waals surface area contributed by atoms with E-state index in [2.05, 4.69) is 20.4 Å². The van der Waals surface area contributed by atoms with Gasteiger partial charge in [0, 0.05) is 42.0 Å². The van der Waals surface area contributed by atoms with Crippen LogP contribution in [0.1, 0.15) is 27.3 Å². The zero-order chi connectivity index (χ0) is 20.4. The lowest BCUT2D eigenvalue weighted by Crippen LogP contribution is -2.24. The molecule has 0 spiro atoms. The van der Waals surface area contributed by atoms with Crippen LogP contribution in [0.2, 0.25) is 0 Å². The predicted octanol–water partition coefficient (Wildman–Crippen LogP) is 3.14. The minimum atomic E-state index is -0.510. The first-order chi connectivity index (χ1) is 14.0. The van der Waals surface area contributed by atoms with Gasteiger partial charge in [-0.15, -0.1) is 0 Å². The smallest absolute Gasteiger partial charge is 0.251 e.